The molecule has 96 valence electrons. The summed E-state index contributed by atoms with van der Waals surface area (Å²) >= 11 is 0. The maximum absolute atomic E-state index is 10.9. The van der Waals surface area contributed by atoms with Crippen molar-refractivity contribution in [3.8, 4) is 17.2 Å². The van der Waals surface area contributed by atoms with Crippen LogP contribution in [0.15, 0.2) is 18.2 Å². The van der Waals surface area contributed by atoms with Gasteiger partial charge in [0, 0.05) is 6.07 Å². The van der Waals surface area contributed by atoms with Crippen LogP contribution in [-0.4, -0.2) is 24.0 Å². The van der Waals surface area contributed by atoms with Crippen molar-refractivity contribution in [3.05, 3.63) is 18.2 Å². The van der Waals surface area contributed by atoms with Gasteiger partial charge in [-0.2, -0.15) is 0 Å². The third-order valence-corrected chi connectivity index (χ3v) is 3.38. The Kier molecular flexibility index (Phi) is 2.74. The molecule has 1 heterocycles. The number of hydrogen-bond acceptors (Lipinski definition) is 4. The average molecular weight is 250 g/mol. The van der Waals surface area contributed by atoms with Gasteiger partial charge < -0.3 is 19.3 Å². The van der Waals surface area contributed by atoms with Crippen molar-refractivity contribution in [1.29, 1.82) is 0 Å². The number of aliphatic carboxylic acids is 1. The molecule has 2 aliphatic rings. The molecule has 2 unspecified atom stereocenters. The molecule has 5 nitrogen and oxygen atoms in total. The molecule has 0 spiro atoms. The third kappa shape index (κ3) is 2.08. The number of benzene rings is 1. The van der Waals surface area contributed by atoms with E-state index in [1.54, 1.807) is 12.1 Å². The molecule has 1 aliphatic carbocycles. The standard InChI is InChI=1S/C13H14O5/c14-13(15)8-1-2-9(5-8)18-10-3-4-11-12(6-10)17-7-16-11/h3-4,6,8-9H,1-2,5,7H2,(H,14,15). The second-order valence-electron chi connectivity index (χ2n) is 4.60. The molecule has 1 fully saturated rings. The van der Waals surface area contributed by atoms with Crippen LogP contribution >= 0.6 is 0 Å². The lowest BCUT2D eigenvalue weighted by atomic mass is 10.1. The molecule has 18 heavy (non-hydrogen) atoms. The number of fused-ring (bicyclic) bond motifs is 1. The minimum Gasteiger partial charge on any atom is -0.490 e. The first-order valence-corrected chi connectivity index (χ1v) is 6.01. The first-order valence-electron chi connectivity index (χ1n) is 6.01. The molecular weight excluding hydrogens is 236 g/mol. The molecule has 0 saturated heterocycles. The highest BCUT2D eigenvalue weighted by Crippen LogP contribution is 2.37. The summed E-state index contributed by atoms with van der Waals surface area (Å²) in [6.45, 7) is 0.239. The second-order valence-corrected chi connectivity index (χ2v) is 4.60. The summed E-state index contributed by atoms with van der Waals surface area (Å²) in [6, 6.07) is 5.42. The van der Waals surface area contributed by atoms with E-state index in [1.807, 2.05) is 6.07 Å². The lowest BCUT2D eigenvalue weighted by Gasteiger charge is -2.13. The van der Waals surface area contributed by atoms with Crippen molar-refractivity contribution in [2.75, 3.05) is 6.79 Å². The Morgan fingerprint density at radius 3 is 2.89 bits per heavy atom. The summed E-state index contributed by atoms with van der Waals surface area (Å²) in [6.07, 6.45) is 2.02. The van der Waals surface area contributed by atoms with Crippen molar-refractivity contribution < 1.29 is 24.1 Å². The largest absolute Gasteiger partial charge is 0.490 e. The van der Waals surface area contributed by atoms with Crippen LogP contribution < -0.4 is 14.2 Å². The van der Waals surface area contributed by atoms with Gasteiger partial charge in [-0.1, -0.05) is 0 Å². The van der Waals surface area contributed by atoms with E-state index < -0.39 is 5.97 Å². The maximum Gasteiger partial charge on any atom is 0.306 e. The fraction of sp³-hybridized carbons (Fsp3) is 0.462. The van der Waals surface area contributed by atoms with Gasteiger partial charge in [0.1, 0.15) is 5.75 Å². The Morgan fingerprint density at radius 2 is 2.11 bits per heavy atom. The van der Waals surface area contributed by atoms with Crippen LogP contribution in [0.2, 0.25) is 0 Å². The van der Waals surface area contributed by atoms with E-state index in [1.165, 1.54) is 0 Å². The molecule has 1 aromatic rings. The monoisotopic (exact) mass is 250 g/mol. The molecule has 0 radical (unpaired) electrons. The van der Waals surface area contributed by atoms with Gasteiger partial charge in [0.2, 0.25) is 6.79 Å². The molecular formula is C13H14O5. The van der Waals surface area contributed by atoms with Gasteiger partial charge in [0.15, 0.2) is 11.5 Å². The summed E-state index contributed by atoms with van der Waals surface area (Å²) < 4.78 is 16.3. The van der Waals surface area contributed by atoms with Crippen LogP contribution in [0.3, 0.4) is 0 Å². The van der Waals surface area contributed by atoms with Crippen LogP contribution in [0.25, 0.3) is 0 Å². The van der Waals surface area contributed by atoms with E-state index in [4.69, 9.17) is 19.3 Å². The highest BCUT2D eigenvalue weighted by atomic mass is 16.7. The van der Waals surface area contributed by atoms with Crippen LogP contribution in [0.5, 0.6) is 17.2 Å². The number of carboxylic acids is 1. The van der Waals surface area contributed by atoms with Gasteiger partial charge >= 0.3 is 5.97 Å². The van der Waals surface area contributed by atoms with Crippen LogP contribution in [0.1, 0.15) is 19.3 Å². The van der Waals surface area contributed by atoms with Gasteiger partial charge in [0.05, 0.1) is 12.0 Å². The molecule has 0 aromatic heterocycles. The zero-order chi connectivity index (χ0) is 12.5. The zero-order valence-corrected chi connectivity index (χ0v) is 9.80. The Hall–Kier alpha value is -1.91. The summed E-state index contributed by atoms with van der Waals surface area (Å²) in [5, 5.41) is 8.93. The number of carbonyl (C=O) groups is 1. The van der Waals surface area contributed by atoms with Crippen molar-refractivity contribution in [2.24, 2.45) is 5.92 Å². The fourth-order valence-corrected chi connectivity index (χ4v) is 2.41. The van der Waals surface area contributed by atoms with E-state index in [9.17, 15) is 4.79 Å². The number of rotatable bonds is 3. The van der Waals surface area contributed by atoms with E-state index in [0.717, 1.165) is 12.2 Å². The minimum atomic E-state index is -0.730. The van der Waals surface area contributed by atoms with Crippen molar-refractivity contribution >= 4 is 5.97 Å². The average Bonchev–Trinajstić information content (AvgIpc) is 2.96. The molecule has 1 aromatic carbocycles. The molecule has 3 rings (SSSR count). The Labute approximate surface area is 104 Å². The lowest BCUT2D eigenvalue weighted by molar-refractivity contribution is -0.141. The summed E-state index contributed by atoms with van der Waals surface area (Å²) in [5.74, 6) is 1.10. The topological polar surface area (TPSA) is 65.0 Å². The Bertz CT molecular complexity index is 470. The SMILES string of the molecule is O=C(O)C1CCC(Oc2ccc3c(c2)OCO3)C1. The van der Waals surface area contributed by atoms with E-state index in [2.05, 4.69) is 0 Å². The maximum atomic E-state index is 10.9. The Balaban J connectivity index is 1.65. The highest BCUT2D eigenvalue weighted by molar-refractivity contribution is 5.70. The summed E-state index contributed by atoms with van der Waals surface area (Å²) in [4.78, 5) is 10.9. The summed E-state index contributed by atoms with van der Waals surface area (Å²) in [7, 11) is 0. The van der Waals surface area contributed by atoms with E-state index >= 15 is 0 Å². The zero-order valence-electron chi connectivity index (χ0n) is 9.80. The van der Waals surface area contributed by atoms with Crippen LogP contribution in [0.4, 0.5) is 0 Å². The number of ether oxygens (including phenoxy) is 3. The minimum absolute atomic E-state index is 0.0218. The molecule has 2 atom stereocenters. The smallest absolute Gasteiger partial charge is 0.306 e. The molecule has 0 bridgehead atoms. The molecule has 1 aliphatic heterocycles. The molecule has 1 saturated carbocycles. The van der Waals surface area contributed by atoms with Crippen molar-refractivity contribution in [3.63, 3.8) is 0 Å². The Morgan fingerprint density at radius 1 is 1.28 bits per heavy atom. The lowest BCUT2D eigenvalue weighted by Crippen LogP contribution is -2.15. The molecule has 0 amide bonds. The predicted octanol–water partition coefficient (Wildman–Crippen LogP) is 2.05. The normalized spacial score (nSPS) is 25.1. The molecule has 1 N–H and O–H groups in total. The van der Waals surface area contributed by atoms with Gasteiger partial charge in [-0.05, 0) is 31.4 Å². The van der Waals surface area contributed by atoms with Crippen molar-refractivity contribution in [2.45, 2.75) is 25.4 Å². The third-order valence-electron chi connectivity index (χ3n) is 3.38. The van der Waals surface area contributed by atoms with Crippen LogP contribution in [0, 0.1) is 5.92 Å². The molecule has 5 heteroatoms. The fourth-order valence-electron chi connectivity index (χ4n) is 2.41. The summed E-state index contributed by atoms with van der Waals surface area (Å²) in [5.41, 5.74) is 0. The predicted molar refractivity (Wildman–Crippen MR) is 62.0 cm³/mol. The number of hydrogen-bond donors (Lipinski definition) is 1. The van der Waals surface area contributed by atoms with Crippen LogP contribution in [-0.2, 0) is 4.79 Å². The van der Waals surface area contributed by atoms with E-state index in [-0.39, 0.29) is 18.8 Å². The van der Waals surface area contributed by atoms with Crippen molar-refractivity contribution in [1.82, 2.24) is 0 Å². The van der Waals surface area contributed by atoms with Gasteiger partial charge in [-0.3, -0.25) is 4.79 Å². The van der Waals surface area contributed by atoms with Gasteiger partial charge in [0.25, 0.3) is 0 Å². The quantitative estimate of drug-likeness (QED) is 0.889. The van der Waals surface area contributed by atoms with Gasteiger partial charge in [-0.15, -0.1) is 0 Å². The van der Waals surface area contributed by atoms with Gasteiger partial charge in [-0.25, -0.2) is 0 Å². The van der Waals surface area contributed by atoms with E-state index in [0.29, 0.717) is 24.3 Å². The number of carboxylic acid groups (broad SMARTS) is 1. The first kappa shape index (κ1) is 11.2. The highest BCUT2D eigenvalue weighted by Gasteiger charge is 2.31. The second kappa shape index (κ2) is 4.40. The first-order chi connectivity index (χ1) is 8.72.